The third-order valence-corrected chi connectivity index (χ3v) is 8.35. The minimum absolute atomic E-state index is 0.0339. The third kappa shape index (κ3) is 4.59. The molecule has 8 nitrogen and oxygen atoms in total. The minimum Gasteiger partial charge on any atom is -0.496 e. The van der Waals surface area contributed by atoms with Gasteiger partial charge < -0.3 is 14.2 Å². The van der Waals surface area contributed by atoms with E-state index in [0.717, 1.165) is 72.1 Å². The lowest BCUT2D eigenvalue weighted by atomic mass is 9.89. The van der Waals surface area contributed by atoms with Crippen LogP contribution in [0, 0.1) is 11.3 Å². The molecule has 1 saturated carbocycles. The summed E-state index contributed by atoms with van der Waals surface area (Å²) in [5.41, 5.74) is 5.84. The fourth-order valence-corrected chi connectivity index (χ4v) is 6.38. The molecule has 1 aliphatic carbocycles. The fourth-order valence-electron chi connectivity index (χ4n) is 6.38. The largest absolute Gasteiger partial charge is 0.496 e. The molecule has 1 saturated heterocycles. The average molecular weight is 539 g/mol. The van der Waals surface area contributed by atoms with Crippen LogP contribution in [0.5, 0.6) is 5.75 Å². The number of ether oxygens (including phenoxy) is 3. The quantitative estimate of drug-likeness (QED) is 0.311. The summed E-state index contributed by atoms with van der Waals surface area (Å²) < 4.78 is 21.6. The first kappa shape index (κ1) is 26.3. The van der Waals surface area contributed by atoms with E-state index < -0.39 is 5.79 Å². The van der Waals surface area contributed by atoms with Crippen molar-refractivity contribution in [1.82, 2.24) is 14.2 Å². The monoisotopic (exact) mass is 538 g/mol. The molecule has 3 heterocycles. The Kier molecular flexibility index (Phi) is 7.18. The zero-order chi connectivity index (χ0) is 27.7. The summed E-state index contributed by atoms with van der Waals surface area (Å²) in [5, 5.41) is 14.3. The number of hydrogen-bond acceptors (Lipinski definition) is 6. The van der Waals surface area contributed by atoms with Gasteiger partial charge in [0.15, 0.2) is 5.79 Å². The number of benzene rings is 2. The number of rotatable bonds is 7. The molecule has 2 fully saturated rings. The Balaban J connectivity index is 1.41. The Morgan fingerprint density at radius 1 is 1.12 bits per heavy atom. The summed E-state index contributed by atoms with van der Waals surface area (Å²) in [7, 11) is 1.64. The van der Waals surface area contributed by atoms with Gasteiger partial charge in [-0.1, -0.05) is 43.7 Å². The van der Waals surface area contributed by atoms with Crippen LogP contribution in [-0.4, -0.2) is 40.3 Å². The molecule has 2 aromatic carbocycles. The number of fused-ring (bicyclic) bond motifs is 1. The lowest BCUT2D eigenvalue weighted by Crippen LogP contribution is -2.39. The lowest BCUT2D eigenvalue weighted by molar-refractivity contribution is -0.181. The number of hydrogen-bond donors (Lipinski definition) is 0. The maximum Gasteiger partial charge on any atom is 0.257 e. The van der Waals surface area contributed by atoms with Crippen molar-refractivity contribution in [3.63, 3.8) is 0 Å². The summed E-state index contributed by atoms with van der Waals surface area (Å²) in [6.45, 7) is 3.39. The molecule has 6 rings (SSSR count). The fraction of sp³-hybridized carbons (Fsp3) is 0.406. The topological polar surface area (TPSA) is 90.8 Å². The molecule has 1 aliphatic heterocycles. The standard InChI is InChI=1S/C32H34N4O4/c1-3-6-28-27(19-23-10-9-22(20-29(23)38-2)26-8-5-4-7-24(26)21-33)31(37)35(30-13-16-34-36(28)30)25-11-14-32(15-12-25)39-17-18-40-32/h4-5,7-10,13,16,20,25H,3,6,11-12,14-15,17-19H2,1-2H3. The van der Waals surface area contributed by atoms with Gasteiger partial charge in [0.1, 0.15) is 11.4 Å². The van der Waals surface area contributed by atoms with Crippen LogP contribution < -0.4 is 10.3 Å². The van der Waals surface area contributed by atoms with Gasteiger partial charge >= 0.3 is 0 Å². The Bertz CT molecular complexity index is 1630. The SMILES string of the molecule is CCCc1c(Cc2ccc(-c3ccccc3C#N)cc2OC)c(=O)n(C2CCC3(CC2)OCCO3)c2ccnn12. The van der Waals surface area contributed by atoms with Crippen LogP contribution in [0.1, 0.15) is 67.5 Å². The van der Waals surface area contributed by atoms with E-state index in [9.17, 15) is 10.1 Å². The van der Waals surface area contributed by atoms with Crippen molar-refractivity contribution < 1.29 is 14.2 Å². The summed E-state index contributed by atoms with van der Waals surface area (Å²) >= 11 is 0. The van der Waals surface area contributed by atoms with Crippen molar-refractivity contribution in [1.29, 1.82) is 5.26 Å². The molecule has 0 N–H and O–H groups in total. The van der Waals surface area contributed by atoms with Crippen molar-refractivity contribution in [3.05, 3.63) is 87.5 Å². The first-order chi connectivity index (χ1) is 19.6. The van der Waals surface area contributed by atoms with E-state index in [1.807, 2.05) is 57.6 Å². The van der Waals surface area contributed by atoms with Gasteiger partial charge in [0.05, 0.1) is 43.8 Å². The van der Waals surface area contributed by atoms with Crippen LogP contribution in [0.3, 0.4) is 0 Å². The summed E-state index contributed by atoms with van der Waals surface area (Å²) in [6, 6.07) is 17.8. The van der Waals surface area contributed by atoms with Gasteiger partial charge in [-0.15, -0.1) is 0 Å². The van der Waals surface area contributed by atoms with E-state index in [2.05, 4.69) is 18.1 Å². The normalized spacial score (nSPS) is 16.9. The van der Waals surface area contributed by atoms with Gasteiger partial charge in [-0.3, -0.25) is 9.36 Å². The van der Waals surface area contributed by atoms with E-state index in [-0.39, 0.29) is 11.6 Å². The van der Waals surface area contributed by atoms with Crippen molar-refractivity contribution in [2.75, 3.05) is 20.3 Å². The molecule has 2 aliphatic rings. The Morgan fingerprint density at radius 2 is 1.90 bits per heavy atom. The smallest absolute Gasteiger partial charge is 0.257 e. The Morgan fingerprint density at radius 3 is 2.62 bits per heavy atom. The minimum atomic E-state index is -0.485. The Hall–Kier alpha value is -3.93. The van der Waals surface area contributed by atoms with Crippen molar-refractivity contribution in [3.8, 4) is 22.9 Å². The van der Waals surface area contributed by atoms with Crippen LogP contribution in [0.25, 0.3) is 16.8 Å². The van der Waals surface area contributed by atoms with Gasteiger partial charge in [-0.2, -0.15) is 10.4 Å². The van der Waals surface area contributed by atoms with Crippen molar-refractivity contribution in [2.45, 2.75) is 63.7 Å². The van der Waals surface area contributed by atoms with E-state index in [1.165, 1.54) is 0 Å². The zero-order valence-electron chi connectivity index (χ0n) is 23.1. The summed E-state index contributed by atoms with van der Waals surface area (Å²) in [5.74, 6) is 0.204. The average Bonchev–Trinajstić information content (AvgIpc) is 3.66. The van der Waals surface area contributed by atoms with E-state index >= 15 is 0 Å². The second kappa shape index (κ2) is 10.9. The first-order valence-electron chi connectivity index (χ1n) is 14.1. The van der Waals surface area contributed by atoms with Gasteiger partial charge in [-0.05, 0) is 48.1 Å². The molecule has 8 heteroatoms. The molecule has 1 spiro atoms. The molecule has 206 valence electrons. The number of methoxy groups -OCH3 is 1. The molecule has 0 unspecified atom stereocenters. The number of nitriles is 1. The highest BCUT2D eigenvalue weighted by atomic mass is 16.7. The maximum atomic E-state index is 14.3. The second-order valence-electron chi connectivity index (χ2n) is 10.7. The zero-order valence-corrected chi connectivity index (χ0v) is 23.1. The Labute approximate surface area is 233 Å². The number of nitrogens with zero attached hydrogens (tertiary/aromatic N) is 4. The molecule has 0 amide bonds. The molecular weight excluding hydrogens is 504 g/mol. The first-order valence-corrected chi connectivity index (χ1v) is 14.1. The predicted molar refractivity (Wildman–Crippen MR) is 152 cm³/mol. The summed E-state index contributed by atoms with van der Waals surface area (Å²) in [6.07, 6.45) is 7.01. The molecule has 0 bridgehead atoms. The lowest BCUT2D eigenvalue weighted by Gasteiger charge is -2.36. The highest BCUT2D eigenvalue weighted by Crippen LogP contribution is 2.40. The highest BCUT2D eigenvalue weighted by molar-refractivity contribution is 5.72. The van der Waals surface area contributed by atoms with Gasteiger partial charge in [-0.25, -0.2) is 4.52 Å². The third-order valence-electron chi connectivity index (χ3n) is 8.35. The molecule has 0 radical (unpaired) electrons. The summed E-state index contributed by atoms with van der Waals surface area (Å²) in [4.78, 5) is 14.3. The van der Waals surface area contributed by atoms with Gasteiger partial charge in [0, 0.05) is 36.9 Å². The van der Waals surface area contributed by atoms with Crippen LogP contribution in [0.15, 0.2) is 59.5 Å². The van der Waals surface area contributed by atoms with Crippen LogP contribution >= 0.6 is 0 Å². The van der Waals surface area contributed by atoms with Gasteiger partial charge in [0.25, 0.3) is 5.56 Å². The molecular formula is C32H34N4O4. The molecule has 40 heavy (non-hydrogen) atoms. The van der Waals surface area contributed by atoms with Gasteiger partial charge in [0.2, 0.25) is 0 Å². The van der Waals surface area contributed by atoms with Crippen LogP contribution in [-0.2, 0) is 22.3 Å². The predicted octanol–water partition coefficient (Wildman–Crippen LogP) is 5.44. The van der Waals surface area contributed by atoms with E-state index in [0.29, 0.717) is 30.9 Å². The number of aromatic nitrogens is 3. The highest BCUT2D eigenvalue weighted by Gasteiger charge is 2.41. The van der Waals surface area contributed by atoms with Crippen molar-refractivity contribution >= 4 is 5.65 Å². The van der Waals surface area contributed by atoms with E-state index in [1.54, 1.807) is 13.3 Å². The van der Waals surface area contributed by atoms with Crippen LogP contribution in [0.4, 0.5) is 0 Å². The van der Waals surface area contributed by atoms with Crippen molar-refractivity contribution in [2.24, 2.45) is 0 Å². The molecule has 2 aromatic heterocycles. The molecule has 0 atom stereocenters. The second-order valence-corrected chi connectivity index (χ2v) is 10.7. The van der Waals surface area contributed by atoms with Crippen LogP contribution in [0.2, 0.25) is 0 Å². The molecule has 4 aromatic rings. The maximum absolute atomic E-state index is 14.3. The number of aryl methyl sites for hydroxylation is 1. The van der Waals surface area contributed by atoms with E-state index in [4.69, 9.17) is 14.2 Å².